The van der Waals surface area contributed by atoms with Gasteiger partial charge >= 0.3 is 5.97 Å². The van der Waals surface area contributed by atoms with Crippen molar-refractivity contribution in [2.45, 2.75) is 25.8 Å². The van der Waals surface area contributed by atoms with E-state index in [1.807, 2.05) is 18.2 Å². The monoisotopic (exact) mass is 421 g/mol. The smallest absolute Gasteiger partial charge is 0.335 e. The number of rotatable bonds is 7. The molecule has 2 aliphatic carbocycles. The second kappa shape index (κ2) is 8.84. The minimum atomic E-state index is -0.957. The van der Waals surface area contributed by atoms with E-state index in [9.17, 15) is 9.59 Å². The van der Waals surface area contributed by atoms with Crippen molar-refractivity contribution in [2.24, 2.45) is 17.8 Å². The van der Waals surface area contributed by atoms with Crippen molar-refractivity contribution in [3.8, 4) is 11.5 Å². The Hall–Kier alpha value is -3.28. The third kappa shape index (κ3) is 4.43. The number of nitrogens with one attached hydrogen (secondary N) is 1. The van der Waals surface area contributed by atoms with Crippen molar-refractivity contribution in [1.82, 2.24) is 5.32 Å². The number of ether oxygens (including phenoxy) is 2. The van der Waals surface area contributed by atoms with E-state index in [0.29, 0.717) is 18.4 Å². The maximum absolute atomic E-state index is 13.1. The highest BCUT2D eigenvalue weighted by Crippen LogP contribution is 2.52. The molecule has 2 saturated carbocycles. The minimum absolute atomic E-state index is 0.0376. The van der Waals surface area contributed by atoms with Gasteiger partial charge in [-0.15, -0.1) is 0 Å². The second-order valence-electron chi connectivity index (χ2n) is 8.26. The zero-order valence-electron chi connectivity index (χ0n) is 17.8. The number of fused-ring (bicyclic) bond motifs is 2. The predicted octanol–water partition coefficient (Wildman–Crippen LogP) is 4.15. The van der Waals surface area contributed by atoms with Gasteiger partial charge in [-0.3, -0.25) is 4.79 Å². The summed E-state index contributed by atoms with van der Waals surface area (Å²) in [6.45, 7) is 0.382. The molecular formula is C25H27NO5. The average molecular weight is 421 g/mol. The number of aromatic carboxylic acids is 1. The Bertz CT molecular complexity index is 989. The van der Waals surface area contributed by atoms with E-state index in [-0.39, 0.29) is 17.4 Å². The molecule has 1 amide bonds. The van der Waals surface area contributed by atoms with Crippen molar-refractivity contribution >= 4 is 18.0 Å². The van der Waals surface area contributed by atoms with Crippen LogP contribution in [0.15, 0.2) is 48.0 Å². The van der Waals surface area contributed by atoms with Gasteiger partial charge in [0.25, 0.3) is 0 Å². The lowest BCUT2D eigenvalue weighted by Crippen LogP contribution is -2.34. The lowest BCUT2D eigenvalue weighted by atomic mass is 9.82. The largest absolute Gasteiger partial charge is 0.497 e. The van der Waals surface area contributed by atoms with Gasteiger partial charge in [0.15, 0.2) is 0 Å². The number of carbonyl (C=O) groups excluding carboxylic acids is 1. The maximum atomic E-state index is 13.1. The van der Waals surface area contributed by atoms with Crippen molar-refractivity contribution in [1.29, 1.82) is 0 Å². The first-order chi connectivity index (χ1) is 15.0. The van der Waals surface area contributed by atoms with E-state index in [2.05, 4.69) is 11.4 Å². The molecule has 3 atom stereocenters. The van der Waals surface area contributed by atoms with Crippen LogP contribution in [-0.4, -0.2) is 31.2 Å². The third-order valence-corrected chi connectivity index (χ3v) is 6.43. The van der Waals surface area contributed by atoms with Crippen LogP contribution in [0.25, 0.3) is 6.08 Å². The molecule has 2 aromatic carbocycles. The van der Waals surface area contributed by atoms with Gasteiger partial charge in [0.1, 0.15) is 11.5 Å². The number of carboxylic acids is 1. The minimum Gasteiger partial charge on any atom is -0.497 e. The standard InChI is InChI=1S/C25H27NO5/c1-30-20-9-16(10-21(13-20)31-2)11-22-18-7-8-19(12-18)23(22)24(27)26-14-15-3-5-17(6-4-15)25(28)29/h3-6,9-11,13,18-19,23H,7-8,12,14H2,1-2H3,(H,26,27)(H,28,29)/t18-,19+,23-/m1/s1. The summed E-state index contributed by atoms with van der Waals surface area (Å²) >= 11 is 0. The van der Waals surface area contributed by atoms with Gasteiger partial charge in [0, 0.05) is 12.6 Å². The van der Waals surface area contributed by atoms with Crippen LogP contribution < -0.4 is 14.8 Å². The normalized spacial score (nSPS) is 23.0. The van der Waals surface area contributed by atoms with Crippen molar-refractivity contribution in [3.63, 3.8) is 0 Å². The van der Waals surface area contributed by atoms with E-state index >= 15 is 0 Å². The Kier molecular flexibility index (Phi) is 5.98. The molecule has 0 unspecified atom stereocenters. The molecule has 0 radical (unpaired) electrons. The van der Waals surface area contributed by atoms with Crippen LogP contribution in [0.3, 0.4) is 0 Å². The molecule has 0 aromatic heterocycles. The third-order valence-electron chi connectivity index (χ3n) is 6.43. The van der Waals surface area contributed by atoms with E-state index in [4.69, 9.17) is 14.6 Å². The number of amides is 1. The van der Waals surface area contributed by atoms with Crippen LogP contribution in [0.1, 0.15) is 40.7 Å². The van der Waals surface area contributed by atoms with Gasteiger partial charge in [0.2, 0.25) is 5.91 Å². The van der Waals surface area contributed by atoms with Gasteiger partial charge in [-0.25, -0.2) is 4.79 Å². The van der Waals surface area contributed by atoms with Crippen LogP contribution in [0, 0.1) is 17.8 Å². The fourth-order valence-electron chi connectivity index (χ4n) is 4.89. The molecule has 2 aliphatic rings. The van der Waals surface area contributed by atoms with E-state index < -0.39 is 5.97 Å². The van der Waals surface area contributed by atoms with Crippen molar-refractivity contribution < 1.29 is 24.2 Å². The predicted molar refractivity (Wildman–Crippen MR) is 117 cm³/mol. The number of hydrogen-bond acceptors (Lipinski definition) is 4. The van der Waals surface area contributed by atoms with E-state index in [0.717, 1.165) is 41.9 Å². The molecule has 31 heavy (non-hydrogen) atoms. The zero-order chi connectivity index (χ0) is 22.0. The summed E-state index contributed by atoms with van der Waals surface area (Å²) in [5.41, 5.74) is 3.28. The lowest BCUT2D eigenvalue weighted by Gasteiger charge is -2.24. The van der Waals surface area contributed by atoms with Gasteiger partial charge in [0.05, 0.1) is 25.7 Å². The molecular weight excluding hydrogens is 394 g/mol. The second-order valence-corrected chi connectivity index (χ2v) is 8.26. The fourth-order valence-corrected chi connectivity index (χ4v) is 4.89. The summed E-state index contributed by atoms with van der Waals surface area (Å²) in [5.74, 6) is 1.21. The summed E-state index contributed by atoms with van der Waals surface area (Å²) in [6.07, 6.45) is 5.38. The van der Waals surface area contributed by atoms with Crippen LogP contribution in [0.4, 0.5) is 0 Å². The molecule has 0 aliphatic heterocycles. The number of carbonyl (C=O) groups is 2. The number of methoxy groups -OCH3 is 2. The highest BCUT2D eigenvalue weighted by Gasteiger charge is 2.46. The Labute approximate surface area is 181 Å². The first-order valence-electron chi connectivity index (χ1n) is 10.5. The maximum Gasteiger partial charge on any atom is 0.335 e. The molecule has 0 saturated heterocycles. The number of hydrogen-bond donors (Lipinski definition) is 2. The van der Waals surface area contributed by atoms with Gasteiger partial charge < -0.3 is 19.9 Å². The molecule has 162 valence electrons. The topological polar surface area (TPSA) is 84.9 Å². The molecule has 0 heterocycles. The molecule has 4 rings (SSSR count). The molecule has 2 bridgehead atoms. The first-order valence-corrected chi connectivity index (χ1v) is 10.5. The molecule has 2 N–H and O–H groups in total. The van der Waals surface area contributed by atoms with Crippen LogP contribution in [0.5, 0.6) is 11.5 Å². The van der Waals surface area contributed by atoms with Gasteiger partial charge in [-0.05, 0) is 66.5 Å². The zero-order valence-corrected chi connectivity index (χ0v) is 17.8. The van der Waals surface area contributed by atoms with Gasteiger partial charge in [-0.2, -0.15) is 0 Å². The summed E-state index contributed by atoms with van der Waals surface area (Å²) in [6, 6.07) is 12.4. The average Bonchev–Trinajstić information content (AvgIpc) is 3.39. The molecule has 2 aromatic rings. The highest BCUT2D eigenvalue weighted by atomic mass is 16.5. The van der Waals surface area contributed by atoms with Gasteiger partial charge in [-0.1, -0.05) is 23.8 Å². The highest BCUT2D eigenvalue weighted by molar-refractivity contribution is 5.87. The summed E-state index contributed by atoms with van der Waals surface area (Å²) < 4.78 is 10.8. The van der Waals surface area contributed by atoms with Crippen LogP contribution >= 0.6 is 0 Å². The van der Waals surface area contributed by atoms with E-state index in [1.165, 1.54) is 5.57 Å². The Balaban J connectivity index is 1.52. The number of benzene rings is 2. The molecule has 6 nitrogen and oxygen atoms in total. The Morgan fingerprint density at radius 3 is 2.35 bits per heavy atom. The van der Waals surface area contributed by atoms with Crippen LogP contribution in [0.2, 0.25) is 0 Å². The first kappa shape index (κ1) is 21.0. The van der Waals surface area contributed by atoms with Crippen LogP contribution in [-0.2, 0) is 11.3 Å². The quantitative estimate of drug-likeness (QED) is 0.702. The Morgan fingerprint density at radius 2 is 1.74 bits per heavy atom. The van der Waals surface area contributed by atoms with E-state index in [1.54, 1.807) is 38.5 Å². The lowest BCUT2D eigenvalue weighted by molar-refractivity contribution is -0.125. The SMILES string of the molecule is COc1cc(C=C2[C@@H]3CC[C@@H](C3)[C@H]2C(=O)NCc2ccc(C(=O)O)cc2)cc(OC)c1. The molecule has 0 spiro atoms. The number of carboxylic acid groups (broad SMARTS) is 1. The fraction of sp³-hybridized carbons (Fsp3) is 0.360. The molecule has 6 heteroatoms. The summed E-state index contributed by atoms with van der Waals surface area (Å²) in [4.78, 5) is 24.1. The molecule has 2 fully saturated rings. The summed E-state index contributed by atoms with van der Waals surface area (Å²) in [7, 11) is 3.25. The Morgan fingerprint density at radius 1 is 1.06 bits per heavy atom. The van der Waals surface area contributed by atoms with Crippen molar-refractivity contribution in [2.75, 3.05) is 14.2 Å². The van der Waals surface area contributed by atoms with Crippen molar-refractivity contribution in [3.05, 3.63) is 64.7 Å². The summed E-state index contributed by atoms with van der Waals surface area (Å²) in [5, 5.41) is 12.1.